The summed E-state index contributed by atoms with van der Waals surface area (Å²) in [4.78, 5) is 7.75. The summed E-state index contributed by atoms with van der Waals surface area (Å²) in [5.41, 5.74) is 0. The van der Waals surface area contributed by atoms with Crippen LogP contribution in [0.4, 0.5) is 0 Å². The van der Waals surface area contributed by atoms with Crippen molar-refractivity contribution in [2.24, 2.45) is 0 Å². The molecular formula is CH9ClOP2Rh-. The summed E-state index contributed by atoms with van der Waals surface area (Å²) in [5.74, 6) is 0. The van der Waals surface area contributed by atoms with Crippen LogP contribution in [0.5, 0.6) is 0 Å². The van der Waals surface area contributed by atoms with Crippen LogP contribution in [0.3, 0.4) is 0 Å². The van der Waals surface area contributed by atoms with Crippen LogP contribution in [0, 0.1) is 0 Å². The van der Waals surface area contributed by atoms with E-state index in [2.05, 4.69) is 16.5 Å². The molecule has 0 aromatic carbocycles. The van der Waals surface area contributed by atoms with Crippen molar-refractivity contribution in [3.63, 3.8) is 0 Å². The predicted molar refractivity (Wildman–Crippen MR) is 37.6 cm³/mol. The van der Waals surface area contributed by atoms with Crippen LogP contribution in [0.1, 0.15) is 0 Å². The first-order valence-electron chi connectivity index (χ1n) is 0.379. The quantitative estimate of drug-likeness (QED) is 0.251. The second kappa shape index (κ2) is 91.6. The molecule has 0 aliphatic rings. The van der Waals surface area contributed by atoms with E-state index in [1.807, 2.05) is 0 Å². The van der Waals surface area contributed by atoms with Gasteiger partial charge in [0.15, 0.2) is 0 Å². The van der Waals surface area contributed by atoms with Crippen LogP contribution in [0.15, 0.2) is 0 Å². The molecule has 0 rings (SSSR count). The number of hydrogen-bond acceptors (Lipinski definition) is 1. The summed E-state index contributed by atoms with van der Waals surface area (Å²) in [7, 11) is 4.61. The molecule has 0 amide bonds. The second-order valence-electron chi connectivity index (χ2n) is 0. The van der Waals surface area contributed by atoms with Crippen molar-refractivity contribution in [3.8, 4) is 0 Å². The molecule has 6 heavy (non-hydrogen) atoms. The molecule has 0 aliphatic heterocycles. The normalized spacial score (nSPS) is 1.83. The summed E-state index contributed by atoms with van der Waals surface area (Å²) in [6.07, 6.45) is 0. The second-order valence-corrected chi connectivity index (χ2v) is 0. The number of rotatable bonds is 0. The summed E-state index contributed by atoms with van der Waals surface area (Å²) in [6.45, 7) is 3.25. The van der Waals surface area contributed by atoms with E-state index in [1.165, 1.54) is 0 Å². The van der Waals surface area contributed by atoms with E-state index in [0.717, 1.165) is 0 Å². The van der Waals surface area contributed by atoms with Gasteiger partial charge < -0.3 is 4.79 Å². The molecule has 46 valence electrons. The Kier molecular flexibility index (Phi) is 398. The van der Waals surface area contributed by atoms with Crippen molar-refractivity contribution in [1.82, 2.24) is 0 Å². The summed E-state index contributed by atoms with van der Waals surface area (Å²) >= 11 is 1.62. The molecule has 0 aromatic heterocycles. The van der Waals surface area contributed by atoms with Gasteiger partial charge in [-0.05, 0) is 0 Å². The molecule has 0 aliphatic carbocycles. The minimum absolute atomic E-state index is 0. The molecule has 5 heteroatoms. The molecule has 2 unspecified atom stereocenters. The summed E-state index contributed by atoms with van der Waals surface area (Å²) in [6, 6.07) is 0. The van der Waals surface area contributed by atoms with Gasteiger partial charge in [-0.3, -0.25) is 6.79 Å². The van der Waals surface area contributed by atoms with Crippen LogP contribution in [-0.2, 0) is 22.1 Å². The van der Waals surface area contributed by atoms with Gasteiger partial charge in [0.05, 0.1) is 0 Å². The van der Waals surface area contributed by atoms with Crippen LogP contribution in [0.25, 0.3) is 0 Å². The number of hydrogen-bond donors (Lipinski definition) is 0. The maximum absolute atomic E-state index is 7.75. The SMILES string of the molecule is P.P.[CH-]=O.[Cl][RhH2]. The van der Waals surface area contributed by atoms with Crippen LogP contribution in [0.2, 0.25) is 0 Å². The van der Waals surface area contributed by atoms with Crippen molar-refractivity contribution in [1.29, 1.82) is 0 Å². The first-order valence-corrected chi connectivity index (χ1v) is 2.77. The Balaban J connectivity index is -0.00000000500. The first kappa shape index (κ1) is 26.1. The third-order valence-electron chi connectivity index (χ3n) is 0. The van der Waals surface area contributed by atoms with Gasteiger partial charge in [0.25, 0.3) is 0 Å². The van der Waals surface area contributed by atoms with Crippen LogP contribution >= 0.6 is 29.5 Å². The topological polar surface area (TPSA) is 17.1 Å². The molecule has 0 N–H and O–H groups in total. The third-order valence-corrected chi connectivity index (χ3v) is 0. The van der Waals surface area contributed by atoms with Crippen molar-refractivity contribution < 1.29 is 22.1 Å². The van der Waals surface area contributed by atoms with Gasteiger partial charge in [0, 0.05) is 0 Å². The Labute approximate surface area is 58.6 Å². The summed E-state index contributed by atoms with van der Waals surface area (Å²) < 4.78 is 0. The third kappa shape index (κ3) is 51.6. The average molecular weight is 237 g/mol. The Hall–Kier alpha value is 1.44. The Bertz CT molecular complexity index is 13.5. The molecule has 0 fully saturated rings. The molecule has 0 saturated carbocycles. The zero-order valence-corrected chi connectivity index (χ0v) is 8.60. The molecule has 0 radical (unpaired) electrons. The maximum atomic E-state index is 7.75. The van der Waals surface area contributed by atoms with E-state index in [4.69, 9.17) is 4.79 Å². The van der Waals surface area contributed by atoms with E-state index in [0.29, 0.717) is 0 Å². The Morgan fingerprint density at radius 3 is 1.17 bits per heavy atom. The van der Waals surface area contributed by atoms with Crippen molar-refractivity contribution in [2.45, 2.75) is 0 Å². The molecule has 0 aromatic rings. The standard InChI is InChI=1S/CHO.ClH.2H3P.Rh.2H/c1-2;;;;;;/h1H;1H;2*1H3;;;/q-1;;;;+1;;/p-1. The average Bonchev–Trinajstić information content (AvgIpc) is 1.50. The van der Waals surface area contributed by atoms with Gasteiger partial charge in [-0.25, -0.2) is 0 Å². The van der Waals surface area contributed by atoms with Crippen molar-refractivity contribution in [2.75, 3.05) is 0 Å². The molecule has 0 spiro atoms. The fourth-order valence-corrected chi connectivity index (χ4v) is 0. The van der Waals surface area contributed by atoms with Crippen molar-refractivity contribution in [3.05, 3.63) is 0 Å². The van der Waals surface area contributed by atoms with Crippen LogP contribution in [-0.4, -0.2) is 6.79 Å². The van der Waals surface area contributed by atoms with Gasteiger partial charge >= 0.3 is 27.0 Å². The minimum atomic E-state index is 0. The molecule has 2 atom stereocenters. The molecule has 0 saturated heterocycles. The van der Waals surface area contributed by atoms with Gasteiger partial charge in [-0.15, -0.1) is 0 Å². The van der Waals surface area contributed by atoms with Gasteiger partial charge in [0.2, 0.25) is 0 Å². The predicted octanol–water partition coefficient (Wildman–Crippen LogP) is -0.00630. The number of carbonyl (C=O) groups excluding carboxylic acids is 1. The molecule has 1 nitrogen and oxygen atoms in total. The van der Waals surface area contributed by atoms with E-state index in [-0.39, 0.29) is 19.8 Å². The summed E-state index contributed by atoms with van der Waals surface area (Å²) in [5, 5.41) is 0. The fraction of sp³-hybridized carbons (Fsp3) is 0. The molecule has 0 bridgehead atoms. The monoisotopic (exact) mass is 237 g/mol. The zero-order chi connectivity index (χ0) is 4.00. The molecule has 0 heterocycles. The number of halogens is 1. The van der Waals surface area contributed by atoms with Crippen molar-refractivity contribution >= 4 is 36.3 Å². The van der Waals surface area contributed by atoms with E-state index in [9.17, 15) is 0 Å². The van der Waals surface area contributed by atoms with Gasteiger partial charge in [-0.1, -0.05) is 0 Å². The van der Waals surface area contributed by atoms with Gasteiger partial charge in [-0.2, -0.15) is 19.8 Å². The fourth-order valence-electron chi connectivity index (χ4n) is 0. The molecular weight excluding hydrogens is 228 g/mol. The Morgan fingerprint density at radius 2 is 1.17 bits per heavy atom. The Morgan fingerprint density at radius 1 is 1.17 bits per heavy atom. The van der Waals surface area contributed by atoms with Crippen LogP contribution < -0.4 is 0 Å². The van der Waals surface area contributed by atoms with E-state index >= 15 is 0 Å². The van der Waals surface area contributed by atoms with E-state index < -0.39 is 0 Å². The zero-order valence-electron chi connectivity index (χ0n) is 3.16. The van der Waals surface area contributed by atoms with Gasteiger partial charge in [0.1, 0.15) is 0 Å². The first-order chi connectivity index (χ1) is 2.00. The van der Waals surface area contributed by atoms with E-state index in [1.54, 1.807) is 17.3 Å².